The van der Waals surface area contributed by atoms with Crippen LogP contribution in [0.5, 0.6) is 0 Å². The van der Waals surface area contributed by atoms with E-state index in [1.165, 1.54) is 23.1 Å². The normalized spacial score (nSPS) is 30.4. The molecule has 2 unspecified atom stereocenters. The van der Waals surface area contributed by atoms with Gasteiger partial charge in [0.25, 0.3) is 0 Å². The van der Waals surface area contributed by atoms with Crippen molar-refractivity contribution >= 4 is 12.3 Å². The fourth-order valence-corrected chi connectivity index (χ4v) is 7.05. The van der Waals surface area contributed by atoms with E-state index in [2.05, 4.69) is 76.3 Å². The molecule has 1 aromatic heterocycles. The number of rotatable bonds is 6. The number of tetrazole rings is 1. The molecule has 2 atom stereocenters. The zero-order valence-corrected chi connectivity index (χ0v) is 19.1. The Bertz CT molecular complexity index is 1170. The number of nitrogens with one attached hydrogen (secondary N) is 1. The minimum Gasteiger partial charge on any atom is -0.390 e. The zero-order valence-electron chi connectivity index (χ0n) is 19.1. The molecule has 0 amide bonds. The molecule has 3 aromatic rings. The molecule has 0 saturated heterocycles. The van der Waals surface area contributed by atoms with Gasteiger partial charge in [-0.25, -0.2) is 4.68 Å². The van der Waals surface area contributed by atoms with E-state index in [4.69, 9.17) is 0 Å². The first kappa shape index (κ1) is 20.8. The fraction of sp³-hybridized carbons (Fsp3) is 0.444. The van der Waals surface area contributed by atoms with E-state index in [1.54, 1.807) is 4.68 Å². The third-order valence-electron chi connectivity index (χ3n) is 8.07. The Morgan fingerprint density at radius 1 is 1.06 bits per heavy atom. The molecule has 4 aliphatic carbocycles. The minimum absolute atomic E-state index is 0.0277. The van der Waals surface area contributed by atoms with Crippen molar-refractivity contribution in [3.63, 3.8) is 0 Å². The number of nitrogens with zero attached hydrogens (tertiary/aromatic N) is 4. The summed E-state index contributed by atoms with van der Waals surface area (Å²) in [7, 11) is 0. The summed E-state index contributed by atoms with van der Waals surface area (Å²) in [5, 5.41) is 27.2. The Hall–Kier alpha value is -2.83. The van der Waals surface area contributed by atoms with Crippen LogP contribution >= 0.6 is 0 Å². The zero-order chi connectivity index (χ0) is 22.5. The molecule has 0 spiro atoms. The molecule has 0 aliphatic heterocycles. The lowest BCUT2D eigenvalue weighted by molar-refractivity contribution is -0.142. The first-order valence-electron chi connectivity index (χ1n) is 12.1. The van der Waals surface area contributed by atoms with Gasteiger partial charge in [0.1, 0.15) is 0 Å². The van der Waals surface area contributed by atoms with Gasteiger partial charge in [-0.2, -0.15) is 0 Å². The summed E-state index contributed by atoms with van der Waals surface area (Å²) in [6.07, 6.45) is 10.5. The maximum Gasteiger partial charge on any atom is 0.169 e. The lowest BCUT2D eigenvalue weighted by Crippen LogP contribution is -2.64. The van der Waals surface area contributed by atoms with Crippen molar-refractivity contribution in [3.8, 4) is 11.1 Å². The monoisotopic (exact) mass is 441 g/mol. The van der Waals surface area contributed by atoms with Crippen molar-refractivity contribution in [3.05, 3.63) is 65.5 Å². The van der Waals surface area contributed by atoms with Crippen molar-refractivity contribution in [1.82, 2.24) is 25.5 Å². The van der Waals surface area contributed by atoms with Gasteiger partial charge in [0.05, 0.1) is 12.1 Å². The van der Waals surface area contributed by atoms with Crippen molar-refractivity contribution in [2.24, 2.45) is 11.8 Å². The Morgan fingerprint density at radius 2 is 1.85 bits per heavy atom. The highest BCUT2D eigenvalue weighted by atomic mass is 16.3. The van der Waals surface area contributed by atoms with E-state index in [0.717, 1.165) is 43.5 Å². The van der Waals surface area contributed by atoms with E-state index in [0.29, 0.717) is 18.4 Å². The fourth-order valence-electron chi connectivity index (χ4n) is 7.05. The third kappa shape index (κ3) is 3.91. The maximum atomic E-state index is 11.0. The van der Waals surface area contributed by atoms with Crippen LogP contribution in [0.3, 0.4) is 0 Å². The summed E-state index contributed by atoms with van der Waals surface area (Å²) in [5.41, 5.74) is 4.39. The molecule has 4 saturated carbocycles. The van der Waals surface area contributed by atoms with Crippen LogP contribution in [0.1, 0.15) is 55.5 Å². The van der Waals surface area contributed by atoms with E-state index in [9.17, 15) is 5.11 Å². The molecule has 4 bridgehead atoms. The molecule has 7 rings (SSSR count). The molecule has 2 N–H and O–H groups in total. The number of aromatic nitrogens is 4. The molecule has 0 radical (unpaired) electrons. The first-order chi connectivity index (χ1) is 16.0. The summed E-state index contributed by atoms with van der Waals surface area (Å²) >= 11 is 0. The standard InChI is InChI=1S/C27H31N5O/c1-19-22(8-5-9-24(19)23-6-3-2-4-7-23)10-11-32-25(29-30-31-32)17-28-26-13-20-12-21(14-26)16-27(33,15-20)18-26/h2-11,20-21,28,33H,12-18H2,1H3/b11-10+. The van der Waals surface area contributed by atoms with Gasteiger partial charge in [-0.05, 0) is 96.0 Å². The number of aliphatic hydroxyl groups is 1. The van der Waals surface area contributed by atoms with Crippen LogP contribution in [0.2, 0.25) is 0 Å². The van der Waals surface area contributed by atoms with Crippen LogP contribution < -0.4 is 5.32 Å². The Morgan fingerprint density at radius 3 is 2.61 bits per heavy atom. The maximum absolute atomic E-state index is 11.0. The topological polar surface area (TPSA) is 75.9 Å². The molecule has 170 valence electrons. The number of hydrogen-bond acceptors (Lipinski definition) is 5. The highest BCUT2D eigenvalue weighted by Crippen LogP contribution is 2.57. The SMILES string of the molecule is Cc1c(/C=C/n2nnnc2CNC23CC4CC(CC(O)(C4)C2)C3)cccc1-c1ccccc1. The first-order valence-corrected chi connectivity index (χ1v) is 12.1. The smallest absolute Gasteiger partial charge is 0.169 e. The molecule has 1 heterocycles. The van der Waals surface area contributed by atoms with Crippen LogP contribution in [-0.2, 0) is 6.54 Å². The van der Waals surface area contributed by atoms with E-state index in [1.807, 2.05) is 12.3 Å². The molecular weight excluding hydrogens is 410 g/mol. The molecular formula is C27H31N5O. The van der Waals surface area contributed by atoms with Gasteiger partial charge in [-0.15, -0.1) is 5.10 Å². The van der Waals surface area contributed by atoms with Crippen molar-refractivity contribution in [2.75, 3.05) is 0 Å². The average Bonchev–Trinajstić information content (AvgIpc) is 3.23. The summed E-state index contributed by atoms with van der Waals surface area (Å²) in [5.74, 6) is 2.10. The van der Waals surface area contributed by atoms with Gasteiger partial charge >= 0.3 is 0 Å². The van der Waals surface area contributed by atoms with Gasteiger partial charge in [-0.3, -0.25) is 0 Å². The molecule has 33 heavy (non-hydrogen) atoms. The lowest BCUT2D eigenvalue weighted by atomic mass is 9.51. The molecule has 2 aromatic carbocycles. The largest absolute Gasteiger partial charge is 0.390 e. The second-order valence-corrected chi connectivity index (χ2v) is 10.6. The predicted molar refractivity (Wildman–Crippen MR) is 129 cm³/mol. The summed E-state index contributed by atoms with van der Waals surface area (Å²) in [4.78, 5) is 0. The highest BCUT2D eigenvalue weighted by Gasteiger charge is 2.56. The van der Waals surface area contributed by atoms with Gasteiger partial charge in [0, 0.05) is 11.7 Å². The number of benzene rings is 2. The van der Waals surface area contributed by atoms with Gasteiger partial charge < -0.3 is 10.4 Å². The second-order valence-electron chi connectivity index (χ2n) is 10.6. The summed E-state index contributed by atoms with van der Waals surface area (Å²) in [6.45, 7) is 2.76. The Labute approximate surface area is 194 Å². The highest BCUT2D eigenvalue weighted by molar-refractivity contribution is 5.74. The lowest BCUT2D eigenvalue weighted by Gasteiger charge is -2.60. The second kappa shape index (κ2) is 7.89. The Kier molecular flexibility index (Phi) is 4.96. The average molecular weight is 442 g/mol. The predicted octanol–water partition coefficient (Wildman–Crippen LogP) is 4.45. The Balaban J connectivity index is 1.19. The van der Waals surface area contributed by atoms with E-state index >= 15 is 0 Å². The third-order valence-corrected chi connectivity index (χ3v) is 8.07. The van der Waals surface area contributed by atoms with Crippen LogP contribution in [0.15, 0.2) is 48.5 Å². The van der Waals surface area contributed by atoms with E-state index in [-0.39, 0.29) is 5.54 Å². The summed E-state index contributed by atoms with van der Waals surface area (Å²) < 4.78 is 1.76. The van der Waals surface area contributed by atoms with Gasteiger partial charge in [0.2, 0.25) is 0 Å². The van der Waals surface area contributed by atoms with Crippen LogP contribution in [-0.4, -0.2) is 36.5 Å². The molecule has 6 heteroatoms. The molecule has 6 nitrogen and oxygen atoms in total. The summed E-state index contributed by atoms with van der Waals surface area (Å²) in [6, 6.07) is 16.8. The number of hydrogen-bond donors (Lipinski definition) is 2. The van der Waals surface area contributed by atoms with Crippen LogP contribution in [0.25, 0.3) is 23.4 Å². The van der Waals surface area contributed by atoms with Gasteiger partial charge in [0.15, 0.2) is 5.82 Å². The van der Waals surface area contributed by atoms with Crippen LogP contribution in [0.4, 0.5) is 0 Å². The van der Waals surface area contributed by atoms with Gasteiger partial charge in [-0.1, -0.05) is 48.5 Å². The minimum atomic E-state index is -0.468. The van der Waals surface area contributed by atoms with E-state index < -0.39 is 5.60 Å². The van der Waals surface area contributed by atoms with Crippen LogP contribution in [0, 0.1) is 18.8 Å². The van der Waals surface area contributed by atoms with Crippen molar-refractivity contribution in [2.45, 2.75) is 63.1 Å². The van der Waals surface area contributed by atoms with Crippen molar-refractivity contribution < 1.29 is 5.11 Å². The molecule has 4 fully saturated rings. The van der Waals surface area contributed by atoms with Crippen molar-refractivity contribution in [1.29, 1.82) is 0 Å². The quantitative estimate of drug-likeness (QED) is 0.591. The molecule has 4 aliphatic rings.